The minimum absolute atomic E-state index is 0.392. The zero-order valence-electron chi connectivity index (χ0n) is 20.3. The molecule has 1 N–H and O–H groups in total. The number of hydrogen-bond acceptors (Lipinski definition) is 5. The lowest BCUT2D eigenvalue weighted by molar-refractivity contribution is -0.140. The number of nitrogens with one attached hydrogen (secondary N) is 1. The van der Waals surface area contributed by atoms with Crippen molar-refractivity contribution >= 4 is 35.2 Å². The van der Waals surface area contributed by atoms with E-state index in [1.54, 1.807) is 38.3 Å². The molecule has 0 spiro atoms. The number of nitrogens with zero attached hydrogens (tertiary/aromatic N) is 3. The molecule has 2 atom stereocenters. The van der Waals surface area contributed by atoms with Crippen LogP contribution in [0.2, 0.25) is 5.02 Å². The van der Waals surface area contributed by atoms with Gasteiger partial charge in [-0.15, -0.1) is 0 Å². The summed E-state index contributed by atoms with van der Waals surface area (Å²) in [7, 11) is 1.59. The molecule has 2 unspecified atom stereocenters. The van der Waals surface area contributed by atoms with Gasteiger partial charge in [0.05, 0.1) is 18.9 Å². The van der Waals surface area contributed by atoms with Crippen molar-refractivity contribution in [2.45, 2.75) is 24.9 Å². The van der Waals surface area contributed by atoms with Gasteiger partial charge in [-0.1, -0.05) is 66.2 Å². The van der Waals surface area contributed by atoms with E-state index < -0.39 is 36.0 Å². The summed E-state index contributed by atoms with van der Waals surface area (Å²) in [4.78, 5) is 40.7. The van der Waals surface area contributed by atoms with Gasteiger partial charge in [-0.25, -0.2) is 9.80 Å². The summed E-state index contributed by atoms with van der Waals surface area (Å²) >= 11 is 5.98. The first kappa shape index (κ1) is 24.5. The van der Waals surface area contributed by atoms with E-state index in [1.165, 1.54) is 5.01 Å². The lowest BCUT2D eigenvalue weighted by atomic mass is 9.92. The summed E-state index contributed by atoms with van der Waals surface area (Å²) < 4.78 is 5.27. The number of imide groups is 1. The number of methoxy groups -OCH3 is 1. The highest BCUT2D eigenvalue weighted by Crippen LogP contribution is 2.35. The van der Waals surface area contributed by atoms with E-state index in [2.05, 4.69) is 10.4 Å². The highest BCUT2D eigenvalue weighted by molar-refractivity contribution is 6.30. The number of carbonyl (C=O) groups is 3. The van der Waals surface area contributed by atoms with E-state index in [-0.39, 0.29) is 0 Å². The number of benzene rings is 3. The maximum atomic E-state index is 13.6. The second kappa shape index (κ2) is 9.71. The number of carbonyl (C=O) groups excluding carboxylic acids is 3. The lowest BCUT2D eigenvalue weighted by Gasteiger charge is -2.25. The zero-order valence-corrected chi connectivity index (χ0v) is 21.1. The van der Waals surface area contributed by atoms with Gasteiger partial charge in [0.15, 0.2) is 0 Å². The molecule has 0 bridgehead atoms. The Hall–Kier alpha value is -4.17. The van der Waals surface area contributed by atoms with Crippen LogP contribution in [0.25, 0.3) is 0 Å². The van der Waals surface area contributed by atoms with E-state index in [9.17, 15) is 14.4 Å². The fourth-order valence-corrected chi connectivity index (χ4v) is 4.78. The molecule has 0 aliphatic carbocycles. The third-order valence-electron chi connectivity index (χ3n) is 6.76. The molecule has 9 heteroatoms. The van der Waals surface area contributed by atoms with Gasteiger partial charge in [-0.05, 0) is 47.9 Å². The number of ether oxygens (including phenoxy) is 1. The fourth-order valence-electron chi connectivity index (χ4n) is 4.66. The SMILES string of the molecule is COc1ccc(C2CC(c3ccccc3)=NN2C(=O)CN2C(=O)NC(C)(c3ccc(Cl)cc3)C2=O)cc1. The van der Waals surface area contributed by atoms with Crippen molar-refractivity contribution in [3.05, 3.63) is 101 Å². The number of amides is 4. The van der Waals surface area contributed by atoms with Crippen LogP contribution >= 0.6 is 11.6 Å². The average Bonchev–Trinajstić information content (AvgIpc) is 3.46. The van der Waals surface area contributed by atoms with Crippen LogP contribution in [-0.2, 0) is 15.1 Å². The summed E-state index contributed by atoms with van der Waals surface area (Å²) in [6.45, 7) is 1.18. The van der Waals surface area contributed by atoms with E-state index in [1.807, 2.05) is 54.6 Å². The van der Waals surface area contributed by atoms with E-state index in [4.69, 9.17) is 16.3 Å². The molecule has 37 heavy (non-hydrogen) atoms. The third kappa shape index (κ3) is 4.56. The van der Waals surface area contributed by atoms with E-state index in [0.29, 0.717) is 22.8 Å². The minimum atomic E-state index is -1.30. The first-order valence-electron chi connectivity index (χ1n) is 11.8. The van der Waals surface area contributed by atoms with Crippen LogP contribution < -0.4 is 10.1 Å². The average molecular weight is 517 g/mol. The summed E-state index contributed by atoms with van der Waals surface area (Å²) in [5.41, 5.74) is 1.79. The first-order valence-corrected chi connectivity index (χ1v) is 12.2. The van der Waals surface area contributed by atoms with Crippen molar-refractivity contribution < 1.29 is 19.1 Å². The van der Waals surface area contributed by atoms with Gasteiger partial charge in [0.25, 0.3) is 11.8 Å². The van der Waals surface area contributed by atoms with E-state index in [0.717, 1.165) is 21.7 Å². The molecule has 188 valence electrons. The largest absolute Gasteiger partial charge is 0.497 e. The molecule has 2 aliphatic rings. The Bertz CT molecular complexity index is 1380. The lowest BCUT2D eigenvalue weighted by Crippen LogP contribution is -2.43. The van der Waals surface area contributed by atoms with Gasteiger partial charge in [0.2, 0.25) is 0 Å². The normalized spacial score (nSPS) is 21.2. The van der Waals surface area contributed by atoms with Gasteiger partial charge in [0.1, 0.15) is 17.8 Å². The highest BCUT2D eigenvalue weighted by Gasteiger charge is 2.50. The molecule has 3 aromatic rings. The second-order valence-corrected chi connectivity index (χ2v) is 9.53. The maximum Gasteiger partial charge on any atom is 0.325 e. The first-order chi connectivity index (χ1) is 17.8. The van der Waals surface area contributed by atoms with Crippen molar-refractivity contribution in [3.63, 3.8) is 0 Å². The Morgan fingerprint density at radius 3 is 2.38 bits per heavy atom. The Kier molecular flexibility index (Phi) is 6.43. The van der Waals surface area contributed by atoms with Crippen LogP contribution in [0.3, 0.4) is 0 Å². The van der Waals surface area contributed by atoms with Crippen LogP contribution in [0.1, 0.15) is 36.1 Å². The molecular formula is C28H25ClN4O4. The number of hydrazone groups is 1. The molecule has 3 aromatic carbocycles. The van der Waals surface area contributed by atoms with Crippen LogP contribution in [0, 0.1) is 0 Å². The second-order valence-electron chi connectivity index (χ2n) is 9.10. The van der Waals surface area contributed by atoms with Gasteiger partial charge in [-0.3, -0.25) is 14.5 Å². The van der Waals surface area contributed by atoms with Crippen LogP contribution in [0.4, 0.5) is 4.79 Å². The van der Waals surface area contributed by atoms with Crippen molar-refractivity contribution in [3.8, 4) is 5.75 Å². The number of urea groups is 1. The van der Waals surface area contributed by atoms with Crippen molar-refractivity contribution in [1.82, 2.24) is 15.2 Å². The number of rotatable bonds is 6. The number of halogens is 1. The molecule has 8 nitrogen and oxygen atoms in total. The summed E-state index contributed by atoms with van der Waals surface area (Å²) in [6, 6.07) is 22.7. The van der Waals surface area contributed by atoms with Gasteiger partial charge >= 0.3 is 6.03 Å². The van der Waals surface area contributed by atoms with E-state index >= 15 is 0 Å². The molecule has 0 radical (unpaired) electrons. The molecule has 4 amide bonds. The van der Waals surface area contributed by atoms with Crippen molar-refractivity contribution in [2.75, 3.05) is 13.7 Å². The molecule has 1 fully saturated rings. The maximum absolute atomic E-state index is 13.6. The van der Waals surface area contributed by atoms with Gasteiger partial charge < -0.3 is 10.1 Å². The highest BCUT2D eigenvalue weighted by atomic mass is 35.5. The third-order valence-corrected chi connectivity index (χ3v) is 7.02. The fraction of sp³-hybridized carbons (Fsp3) is 0.214. The zero-order chi connectivity index (χ0) is 26.2. The number of hydrogen-bond donors (Lipinski definition) is 1. The van der Waals surface area contributed by atoms with Crippen molar-refractivity contribution in [1.29, 1.82) is 0 Å². The molecule has 5 rings (SSSR count). The van der Waals surface area contributed by atoms with Crippen molar-refractivity contribution in [2.24, 2.45) is 5.10 Å². The monoisotopic (exact) mass is 516 g/mol. The molecule has 0 saturated carbocycles. The Morgan fingerprint density at radius 2 is 1.73 bits per heavy atom. The topological polar surface area (TPSA) is 91.3 Å². The van der Waals surface area contributed by atoms with Crippen LogP contribution in [0.15, 0.2) is 84.0 Å². The Labute approximate surface area is 219 Å². The Balaban J connectivity index is 1.42. The summed E-state index contributed by atoms with van der Waals surface area (Å²) in [6.07, 6.45) is 0.491. The van der Waals surface area contributed by atoms with Crippen LogP contribution in [-0.4, -0.2) is 47.1 Å². The summed E-state index contributed by atoms with van der Waals surface area (Å²) in [5.74, 6) is -0.277. The van der Waals surface area contributed by atoms with Crippen LogP contribution in [0.5, 0.6) is 5.75 Å². The molecule has 0 aromatic heterocycles. The predicted molar refractivity (Wildman–Crippen MR) is 139 cm³/mol. The van der Waals surface area contributed by atoms with Gasteiger partial charge in [0, 0.05) is 11.4 Å². The Morgan fingerprint density at radius 1 is 1.05 bits per heavy atom. The predicted octanol–water partition coefficient (Wildman–Crippen LogP) is 4.49. The standard InChI is InChI=1S/C28H25ClN4O4/c1-28(20-10-12-21(29)13-11-20)26(35)32(27(36)30-28)17-25(34)33-24(19-8-14-22(37-2)15-9-19)16-23(31-33)18-6-4-3-5-7-18/h3-15,24H,16-17H2,1-2H3,(H,30,36). The molecule has 2 aliphatic heterocycles. The molecule has 2 heterocycles. The summed E-state index contributed by atoms with van der Waals surface area (Å²) in [5, 5.41) is 9.26. The minimum Gasteiger partial charge on any atom is -0.497 e. The molecule has 1 saturated heterocycles. The quantitative estimate of drug-likeness (QED) is 0.488. The molecular weight excluding hydrogens is 492 g/mol. The smallest absolute Gasteiger partial charge is 0.325 e. The van der Waals surface area contributed by atoms with Gasteiger partial charge in [-0.2, -0.15) is 5.10 Å².